The van der Waals surface area contributed by atoms with Crippen molar-refractivity contribution >= 4 is 57.5 Å². The Morgan fingerprint density at radius 2 is 1.79 bits per heavy atom. The Hall–Kier alpha value is -2.85. The number of esters is 1. The first-order chi connectivity index (χ1) is 15.8. The van der Waals surface area contributed by atoms with Crippen LogP contribution in [0.3, 0.4) is 0 Å². The number of carbonyl (C=O) groups is 3. The van der Waals surface area contributed by atoms with Crippen molar-refractivity contribution in [1.82, 2.24) is 9.47 Å². The number of aryl methyl sites for hydroxylation is 1. The van der Waals surface area contributed by atoms with E-state index in [0.717, 1.165) is 37.8 Å². The number of hydrogen-bond acceptors (Lipinski definition) is 5. The zero-order valence-corrected chi connectivity index (χ0v) is 21.3. The van der Waals surface area contributed by atoms with E-state index in [2.05, 4.69) is 22.6 Å². The van der Waals surface area contributed by atoms with Crippen LogP contribution in [0.2, 0.25) is 0 Å². The third-order valence-corrected chi connectivity index (χ3v) is 7.06. The van der Waals surface area contributed by atoms with Gasteiger partial charge in [0.2, 0.25) is 0 Å². The van der Waals surface area contributed by atoms with Gasteiger partial charge in [-0.2, -0.15) is 0 Å². The summed E-state index contributed by atoms with van der Waals surface area (Å²) in [5.41, 5.74) is 4.61. The number of thioether (sulfide) groups is 1. The predicted molar refractivity (Wildman–Crippen MR) is 137 cm³/mol. The van der Waals surface area contributed by atoms with Crippen molar-refractivity contribution in [2.45, 2.75) is 20.4 Å². The minimum absolute atomic E-state index is 0.241. The molecule has 2 aromatic carbocycles. The zero-order chi connectivity index (χ0) is 23.7. The van der Waals surface area contributed by atoms with E-state index in [1.54, 1.807) is 18.2 Å². The molecule has 0 radical (unpaired) electrons. The average Bonchev–Trinajstić information content (AvgIpc) is 3.23. The number of para-hydroxylation sites is 1. The molecule has 1 aliphatic heterocycles. The molecule has 0 spiro atoms. The van der Waals surface area contributed by atoms with Crippen molar-refractivity contribution in [3.8, 4) is 5.69 Å². The molecule has 3 aromatic rings. The van der Waals surface area contributed by atoms with Crippen LogP contribution in [0.25, 0.3) is 11.8 Å². The quantitative estimate of drug-likeness (QED) is 0.222. The summed E-state index contributed by atoms with van der Waals surface area (Å²) in [5.74, 6) is -0.723. The molecule has 0 N–H and O–H groups in total. The summed E-state index contributed by atoms with van der Waals surface area (Å²) in [5, 5.41) is -0.283. The molecule has 0 saturated carbocycles. The molecule has 1 aromatic heterocycles. The van der Waals surface area contributed by atoms with Crippen LogP contribution < -0.4 is 0 Å². The molecule has 0 aliphatic carbocycles. The maximum atomic E-state index is 13.0. The largest absolute Gasteiger partial charge is 0.465 e. The number of imide groups is 1. The summed E-state index contributed by atoms with van der Waals surface area (Å²) in [6.45, 7) is 4.09. The molecule has 168 valence electrons. The van der Waals surface area contributed by atoms with E-state index in [0.29, 0.717) is 16.2 Å². The number of benzene rings is 2. The summed E-state index contributed by atoms with van der Waals surface area (Å²) in [6, 6.07) is 16.9. The van der Waals surface area contributed by atoms with Gasteiger partial charge < -0.3 is 9.30 Å². The molecule has 1 fully saturated rings. The highest BCUT2D eigenvalue weighted by Gasteiger charge is 2.35. The van der Waals surface area contributed by atoms with Gasteiger partial charge in [-0.05, 0) is 95.7 Å². The van der Waals surface area contributed by atoms with Gasteiger partial charge in [0, 0.05) is 15.0 Å². The van der Waals surface area contributed by atoms with Crippen molar-refractivity contribution in [2.75, 3.05) is 7.11 Å². The molecular formula is C25H21IN2O4S. The number of rotatable bonds is 5. The van der Waals surface area contributed by atoms with Crippen molar-refractivity contribution in [1.29, 1.82) is 0 Å². The van der Waals surface area contributed by atoms with E-state index >= 15 is 0 Å². The van der Waals surface area contributed by atoms with Crippen LogP contribution in [0.15, 0.2) is 59.5 Å². The first kappa shape index (κ1) is 23.3. The van der Waals surface area contributed by atoms with Crippen LogP contribution in [0.4, 0.5) is 4.79 Å². The number of ether oxygens (including phenoxy) is 1. The number of carbonyl (C=O) groups excluding carboxylic acids is 3. The summed E-state index contributed by atoms with van der Waals surface area (Å²) in [6.07, 6.45) is 1.75. The third kappa shape index (κ3) is 4.63. The molecular weight excluding hydrogens is 551 g/mol. The number of halogens is 1. The maximum Gasteiger partial charge on any atom is 0.339 e. The molecule has 0 bridgehead atoms. The van der Waals surface area contributed by atoms with Gasteiger partial charge in [0.1, 0.15) is 0 Å². The lowest BCUT2D eigenvalue weighted by Gasteiger charge is -2.13. The number of nitrogens with zero attached hydrogens (tertiary/aromatic N) is 2. The first-order valence-electron chi connectivity index (χ1n) is 10.2. The Morgan fingerprint density at radius 3 is 2.48 bits per heavy atom. The minimum Gasteiger partial charge on any atom is -0.465 e. The summed E-state index contributed by atoms with van der Waals surface area (Å²) < 4.78 is 7.97. The monoisotopic (exact) mass is 572 g/mol. The average molecular weight is 572 g/mol. The number of aromatic nitrogens is 1. The summed E-state index contributed by atoms with van der Waals surface area (Å²) in [4.78, 5) is 39.5. The van der Waals surface area contributed by atoms with E-state index in [9.17, 15) is 14.4 Å². The van der Waals surface area contributed by atoms with Gasteiger partial charge in [0.15, 0.2) is 0 Å². The molecule has 1 saturated heterocycles. The van der Waals surface area contributed by atoms with Gasteiger partial charge in [0.25, 0.3) is 11.1 Å². The van der Waals surface area contributed by atoms with Gasteiger partial charge in [-0.1, -0.05) is 24.3 Å². The second-order valence-corrected chi connectivity index (χ2v) is 9.80. The van der Waals surface area contributed by atoms with Crippen LogP contribution in [-0.4, -0.2) is 33.7 Å². The lowest BCUT2D eigenvalue weighted by Crippen LogP contribution is -2.27. The molecule has 0 unspecified atom stereocenters. The summed E-state index contributed by atoms with van der Waals surface area (Å²) >= 11 is 3.16. The Kier molecular flexibility index (Phi) is 6.76. The third-order valence-electron chi connectivity index (χ3n) is 5.43. The minimum atomic E-state index is -0.420. The van der Waals surface area contributed by atoms with Crippen molar-refractivity contribution < 1.29 is 19.1 Å². The van der Waals surface area contributed by atoms with E-state index in [4.69, 9.17) is 4.74 Å². The van der Waals surface area contributed by atoms with E-state index in [-0.39, 0.29) is 17.7 Å². The fourth-order valence-corrected chi connectivity index (χ4v) is 4.99. The molecule has 33 heavy (non-hydrogen) atoms. The standard InChI is InChI=1S/C25H21IN2O4S/c1-15-12-18(16(2)28(15)21-7-5-4-6-20(21)24(30)32-3)13-22-23(29)27(25(31)33-22)14-17-8-10-19(26)11-9-17/h4-13H,14H2,1-3H3/b22-13-. The second kappa shape index (κ2) is 9.56. The van der Waals surface area contributed by atoms with Crippen LogP contribution in [0.5, 0.6) is 0 Å². The first-order valence-corrected chi connectivity index (χ1v) is 12.1. The number of hydrogen-bond donors (Lipinski definition) is 0. The van der Waals surface area contributed by atoms with E-state index in [1.807, 2.05) is 60.9 Å². The van der Waals surface area contributed by atoms with Gasteiger partial charge >= 0.3 is 5.97 Å². The van der Waals surface area contributed by atoms with Gasteiger partial charge in [-0.15, -0.1) is 0 Å². The highest BCUT2D eigenvalue weighted by atomic mass is 127. The van der Waals surface area contributed by atoms with E-state index in [1.165, 1.54) is 12.0 Å². The van der Waals surface area contributed by atoms with Gasteiger partial charge in [-0.3, -0.25) is 14.5 Å². The fourth-order valence-electron chi connectivity index (χ4n) is 3.81. The van der Waals surface area contributed by atoms with Crippen LogP contribution in [-0.2, 0) is 16.1 Å². The number of methoxy groups -OCH3 is 1. The van der Waals surface area contributed by atoms with Crippen molar-refractivity contribution in [3.05, 3.63) is 91.2 Å². The van der Waals surface area contributed by atoms with Gasteiger partial charge in [-0.25, -0.2) is 4.79 Å². The Bertz CT molecular complexity index is 1290. The van der Waals surface area contributed by atoms with Crippen LogP contribution in [0.1, 0.15) is 32.9 Å². The maximum absolute atomic E-state index is 13.0. The second-order valence-electron chi connectivity index (χ2n) is 7.56. The molecule has 4 rings (SSSR count). The molecule has 2 amide bonds. The van der Waals surface area contributed by atoms with Crippen LogP contribution in [0, 0.1) is 17.4 Å². The van der Waals surface area contributed by atoms with Gasteiger partial charge in [0.05, 0.1) is 29.8 Å². The Balaban J connectivity index is 1.66. The van der Waals surface area contributed by atoms with Crippen LogP contribution >= 0.6 is 34.4 Å². The topological polar surface area (TPSA) is 68.6 Å². The Morgan fingerprint density at radius 1 is 1.09 bits per heavy atom. The molecule has 0 atom stereocenters. The highest BCUT2D eigenvalue weighted by molar-refractivity contribution is 14.1. The van der Waals surface area contributed by atoms with Crippen molar-refractivity contribution in [3.63, 3.8) is 0 Å². The highest BCUT2D eigenvalue weighted by Crippen LogP contribution is 2.35. The molecule has 8 heteroatoms. The lowest BCUT2D eigenvalue weighted by molar-refractivity contribution is -0.123. The predicted octanol–water partition coefficient (Wildman–Crippen LogP) is 5.72. The SMILES string of the molecule is COC(=O)c1ccccc1-n1c(C)cc(/C=C2\SC(=O)N(Cc3ccc(I)cc3)C2=O)c1C. The fraction of sp³-hybridized carbons (Fsp3) is 0.160. The van der Waals surface area contributed by atoms with Crippen molar-refractivity contribution in [2.24, 2.45) is 0 Å². The Labute approximate surface area is 209 Å². The zero-order valence-electron chi connectivity index (χ0n) is 18.3. The molecule has 2 heterocycles. The molecule has 6 nitrogen and oxygen atoms in total. The smallest absolute Gasteiger partial charge is 0.339 e. The number of amides is 2. The normalized spacial score (nSPS) is 14.9. The summed E-state index contributed by atoms with van der Waals surface area (Å²) in [7, 11) is 1.35. The molecule has 1 aliphatic rings. The van der Waals surface area contributed by atoms with E-state index < -0.39 is 5.97 Å². The lowest BCUT2D eigenvalue weighted by atomic mass is 10.1.